The van der Waals surface area contributed by atoms with E-state index in [4.69, 9.17) is 8.83 Å². The Morgan fingerprint density at radius 2 is 2.32 bits per heavy atom. The van der Waals surface area contributed by atoms with Gasteiger partial charge in [-0.2, -0.15) is 4.68 Å². The lowest BCUT2D eigenvalue weighted by Gasteiger charge is -2.10. The van der Waals surface area contributed by atoms with Crippen LogP contribution in [0.1, 0.15) is 18.7 Å². The van der Waals surface area contributed by atoms with Crippen LogP contribution in [-0.2, 0) is 11.3 Å². The summed E-state index contributed by atoms with van der Waals surface area (Å²) in [5, 5.41) is 8.61. The van der Waals surface area contributed by atoms with Crippen LogP contribution in [0.5, 0.6) is 0 Å². The fourth-order valence-corrected chi connectivity index (χ4v) is 2.58. The standard InChI is InChI=1S/C14H13N3O4S/c1-9(10-4-2-6-20-10)15-12(18)8-17-14(19)21-13(16-17)11-5-3-7-22-11/h2-7,9H,8H2,1H3,(H,15,18). The predicted molar refractivity (Wildman–Crippen MR) is 79.3 cm³/mol. The van der Waals surface area contributed by atoms with Gasteiger partial charge in [0.2, 0.25) is 5.91 Å². The Morgan fingerprint density at radius 1 is 1.45 bits per heavy atom. The summed E-state index contributed by atoms with van der Waals surface area (Å²) in [4.78, 5) is 24.4. The first-order chi connectivity index (χ1) is 10.6. The highest BCUT2D eigenvalue weighted by molar-refractivity contribution is 7.13. The topological polar surface area (TPSA) is 90.3 Å². The van der Waals surface area contributed by atoms with E-state index in [1.54, 1.807) is 25.1 Å². The zero-order valence-electron chi connectivity index (χ0n) is 11.7. The molecule has 22 heavy (non-hydrogen) atoms. The molecule has 0 bridgehead atoms. The van der Waals surface area contributed by atoms with Gasteiger partial charge < -0.3 is 14.2 Å². The maximum Gasteiger partial charge on any atom is 0.437 e. The third kappa shape index (κ3) is 3.01. The lowest BCUT2D eigenvalue weighted by Crippen LogP contribution is -2.33. The van der Waals surface area contributed by atoms with Crippen molar-refractivity contribution in [3.8, 4) is 10.8 Å². The zero-order chi connectivity index (χ0) is 15.5. The third-order valence-corrected chi connectivity index (χ3v) is 3.84. The van der Waals surface area contributed by atoms with Gasteiger partial charge in [0.05, 0.1) is 17.2 Å². The molecule has 1 amide bonds. The molecule has 3 heterocycles. The minimum Gasteiger partial charge on any atom is -0.467 e. The van der Waals surface area contributed by atoms with Crippen LogP contribution >= 0.6 is 11.3 Å². The molecule has 0 aliphatic rings. The summed E-state index contributed by atoms with van der Waals surface area (Å²) >= 11 is 1.40. The van der Waals surface area contributed by atoms with Gasteiger partial charge in [-0.25, -0.2) is 4.79 Å². The predicted octanol–water partition coefficient (Wildman–Crippen LogP) is 2.04. The van der Waals surface area contributed by atoms with Gasteiger partial charge in [-0.15, -0.1) is 16.4 Å². The first-order valence-electron chi connectivity index (χ1n) is 6.58. The van der Waals surface area contributed by atoms with Crippen molar-refractivity contribution in [3.63, 3.8) is 0 Å². The summed E-state index contributed by atoms with van der Waals surface area (Å²) in [5.74, 6) is -0.159. The number of amides is 1. The van der Waals surface area contributed by atoms with E-state index in [2.05, 4.69) is 10.4 Å². The van der Waals surface area contributed by atoms with Crippen molar-refractivity contribution in [2.45, 2.75) is 19.5 Å². The SMILES string of the molecule is CC(NC(=O)Cn1nc(-c2cccs2)oc1=O)c1ccco1. The van der Waals surface area contributed by atoms with E-state index >= 15 is 0 Å². The summed E-state index contributed by atoms with van der Waals surface area (Å²) < 4.78 is 11.3. The number of carbonyl (C=O) groups excluding carboxylic acids is 1. The molecule has 114 valence electrons. The smallest absolute Gasteiger partial charge is 0.437 e. The normalized spacial score (nSPS) is 12.2. The lowest BCUT2D eigenvalue weighted by molar-refractivity contribution is -0.122. The maximum atomic E-state index is 12.0. The summed E-state index contributed by atoms with van der Waals surface area (Å²) in [6.45, 7) is 1.58. The van der Waals surface area contributed by atoms with Crippen LogP contribution in [0.15, 0.2) is 49.5 Å². The number of hydrogen-bond donors (Lipinski definition) is 1. The van der Waals surface area contributed by atoms with Crippen LogP contribution in [0.3, 0.4) is 0 Å². The van der Waals surface area contributed by atoms with Crippen molar-refractivity contribution in [2.75, 3.05) is 0 Å². The first kappa shape index (κ1) is 14.3. The van der Waals surface area contributed by atoms with Crippen molar-refractivity contribution in [3.05, 3.63) is 52.2 Å². The molecule has 3 aromatic rings. The van der Waals surface area contributed by atoms with Gasteiger partial charge in [0.25, 0.3) is 5.89 Å². The van der Waals surface area contributed by atoms with E-state index in [0.29, 0.717) is 5.76 Å². The number of nitrogens with one attached hydrogen (secondary N) is 1. The third-order valence-electron chi connectivity index (χ3n) is 2.98. The average molecular weight is 319 g/mol. The molecule has 0 fully saturated rings. The Labute approximate surface area is 129 Å². The monoisotopic (exact) mass is 319 g/mol. The largest absolute Gasteiger partial charge is 0.467 e. The van der Waals surface area contributed by atoms with Gasteiger partial charge in [-0.3, -0.25) is 4.79 Å². The molecule has 0 radical (unpaired) electrons. The van der Waals surface area contributed by atoms with Crippen molar-refractivity contribution in [2.24, 2.45) is 0 Å². The molecule has 0 aliphatic heterocycles. The number of hydrogen-bond acceptors (Lipinski definition) is 6. The molecule has 3 rings (SSSR count). The zero-order valence-corrected chi connectivity index (χ0v) is 12.5. The second kappa shape index (κ2) is 6.02. The van der Waals surface area contributed by atoms with Crippen molar-refractivity contribution in [1.82, 2.24) is 15.1 Å². The minimum atomic E-state index is -0.663. The Morgan fingerprint density at radius 3 is 3.00 bits per heavy atom. The fourth-order valence-electron chi connectivity index (χ4n) is 1.94. The first-order valence-corrected chi connectivity index (χ1v) is 7.46. The van der Waals surface area contributed by atoms with Crippen molar-refractivity contribution in [1.29, 1.82) is 0 Å². The van der Waals surface area contributed by atoms with Gasteiger partial charge in [-0.05, 0) is 30.5 Å². The summed E-state index contributed by atoms with van der Waals surface area (Å²) in [5.41, 5.74) is 0. The van der Waals surface area contributed by atoms with E-state index in [0.717, 1.165) is 9.56 Å². The number of carbonyl (C=O) groups is 1. The Bertz CT molecular complexity index is 802. The summed E-state index contributed by atoms with van der Waals surface area (Å²) in [6, 6.07) is 6.84. The fraction of sp³-hybridized carbons (Fsp3) is 0.214. The molecule has 0 saturated heterocycles. The van der Waals surface area contributed by atoms with E-state index in [1.165, 1.54) is 17.6 Å². The number of furan rings is 1. The highest BCUT2D eigenvalue weighted by Gasteiger charge is 2.16. The number of aromatic nitrogens is 2. The molecular weight excluding hydrogens is 306 g/mol. The van der Waals surface area contributed by atoms with Crippen LogP contribution in [-0.4, -0.2) is 15.7 Å². The number of nitrogens with zero attached hydrogens (tertiary/aromatic N) is 2. The molecule has 0 spiro atoms. The Kier molecular flexibility index (Phi) is 3.92. The van der Waals surface area contributed by atoms with Gasteiger partial charge in [0.1, 0.15) is 12.3 Å². The molecule has 0 aliphatic carbocycles. The Hall–Kier alpha value is -2.61. The molecule has 1 unspecified atom stereocenters. The molecule has 1 atom stereocenters. The number of rotatable bonds is 5. The van der Waals surface area contributed by atoms with E-state index in [9.17, 15) is 9.59 Å². The second-order valence-corrected chi connectivity index (χ2v) is 5.56. The van der Waals surface area contributed by atoms with Crippen molar-refractivity contribution < 1.29 is 13.6 Å². The second-order valence-electron chi connectivity index (χ2n) is 4.61. The van der Waals surface area contributed by atoms with Crippen LogP contribution in [0, 0.1) is 0 Å². The van der Waals surface area contributed by atoms with E-state index in [1.807, 2.05) is 11.4 Å². The van der Waals surface area contributed by atoms with Crippen LogP contribution in [0.4, 0.5) is 0 Å². The number of thiophene rings is 1. The quantitative estimate of drug-likeness (QED) is 0.777. The van der Waals surface area contributed by atoms with Gasteiger partial charge >= 0.3 is 5.76 Å². The van der Waals surface area contributed by atoms with Crippen LogP contribution in [0.25, 0.3) is 10.8 Å². The summed E-state index contributed by atoms with van der Waals surface area (Å²) in [6.07, 6.45) is 1.54. The summed E-state index contributed by atoms with van der Waals surface area (Å²) in [7, 11) is 0. The molecule has 0 saturated carbocycles. The van der Waals surface area contributed by atoms with Gasteiger partial charge in [0, 0.05) is 0 Å². The highest BCUT2D eigenvalue weighted by Crippen LogP contribution is 2.21. The molecule has 8 heteroatoms. The van der Waals surface area contributed by atoms with Crippen LogP contribution < -0.4 is 11.1 Å². The van der Waals surface area contributed by atoms with Gasteiger partial charge in [0.15, 0.2) is 0 Å². The van der Waals surface area contributed by atoms with Crippen LogP contribution in [0.2, 0.25) is 0 Å². The minimum absolute atomic E-state index is 0.210. The molecule has 7 nitrogen and oxygen atoms in total. The molecule has 1 N–H and O–H groups in total. The average Bonchev–Trinajstić information content (AvgIpc) is 3.19. The maximum absolute atomic E-state index is 12.0. The molecular formula is C14H13N3O4S. The Balaban J connectivity index is 1.68. The van der Waals surface area contributed by atoms with Crippen molar-refractivity contribution >= 4 is 17.2 Å². The van der Waals surface area contributed by atoms with E-state index < -0.39 is 5.76 Å². The molecule has 0 aromatic carbocycles. The van der Waals surface area contributed by atoms with E-state index in [-0.39, 0.29) is 24.4 Å². The highest BCUT2D eigenvalue weighted by atomic mass is 32.1. The van der Waals surface area contributed by atoms with Gasteiger partial charge in [-0.1, -0.05) is 6.07 Å². The lowest BCUT2D eigenvalue weighted by atomic mass is 10.2. The molecule has 3 aromatic heterocycles.